The van der Waals surface area contributed by atoms with E-state index in [0.717, 1.165) is 5.56 Å². The van der Waals surface area contributed by atoms with Crippen LogP contribution in [0.5, 0.6) is 0 Å². The number of aryl methyl sites for hydroxylation is 1. The Morgan fingerprint density at radius 2 is 1.79 bits per heavy atom. The second kappa shape index (κ2) is 6.51. The lowest BCUT2D eigenvalue weighted by Gasteiger charge is -2.14. The first-order valence-corrected chi connectivity index (χ1v) is 5.86. The van der Waals surface area contributed by atoms with Crippen molar-refractivity contribution >= 4 is 5.69 Å². The summed E-state index contributed by atoms with van der Waals surface area (Å²) in [4.78, 5) is 9.93. The van der Waals surface area contributed by atoms with Crippen LogP contribution in [0.15, 0.2) is 24.3 Å². The maximum Gasteiger partial charge on any atom is 0.403 e. The lowest BCUT2D eigenvalue weighted by molar-refractivity contribution is -0.384. The maximum absolute atomic E-state index is 12.1. The molecule has 19 heavy (non-hydrogen) atoms. The van der Waals surface area contributed by atoms with Crippen LogP contribution < -0.4 is 5.73 Å². The van der Waals surface area contributed by atoms with Gasteiger partial charge in [-0.05, 0) is 24.8 Å². The van der Waals surface area contributed by atoms with Crippen LogP contribution in [0, 0.1) is 10.1 Å². The fourth-order valence-corrected chi connectivity index (χ4v) is 1.64. The Labute approximate surface area is 108 Å². The second-order valence-electron chi connectivity index (χ2n) is 4.32. The molecule has 0 aromatic heterocycles. The quantitative estimate of drug-likeness (QED) is 0.493. The molecule has 0 aliphatic heterocycles. The number of hydrogen-bond acceptors (Lipinski definition) is 3. The van der Waals surface area contributed by atoms with Gasteiger partial charge in [-0.25, -0.2) is 0 Å². The summed E-state index contributed by atoms with van der Waals surface area (Å²) in [5.74, 6) is 0. The summed E-state index contributed by atoms with van der Waals surface area (Å²) in [7, 11) is 0. The molecule has 4 nitrogen and oxygen atoms in total. The van der Waals surface area contributed by atoms with E-state index >= 15 is 0 Å². The van der Waals surface area contributed by atoms with Gasteiger partial charge in [0, 0.05) is 12.1 Å². The maximum atomic E-state index is 12.1. The summed E-state index contributed by atoms with van der Waals surface area (Å²) >= 11 is 0. The van der Waals surface area contributed by atoms with E-state index in [9.17, 15) is 23.3 Å². The van der Waals surface area contributed by atoms with E-state index in [1.807, 2.05) is 0 Å². The zero-order chi connectivity index (χ0) is 14.5. The minimum atomic E-state index is -4.34. The zero-order valence-corrected chi connectivity index (χ0v) is 10.2. The monoisotopic (exact) mass is 276 g/mol. The van der Waals surface area contributed by atoms with Gasteiger partial charge in [-0.1, -0.05) is 18.6 Å². The van der Waals surface area contributed by atoms with Crippen LogP contribution >= 0.6 is 0 Å². The number of hydrogen-bond donors (Lipinski definition) is 1. The van der Waals surface area contributed by atoms with Crippen molar-refractivity contribution in [3.63, 3.8) is 0 Å². The van der Waals surface area contributed by atoms with Gasteiger partial charge in [-0.3, -0.25) is 10.1 Å². The van der Waals surface area contributed by atoms with Crippen molar-refractivity contribution in [1.82, 2.24) is 0 Å². The van der Waals surface area contributed by atoms with Crippen LogP contribution in [0.4, 0.5) is 18.9 Å². The molecule has 0 radical (unpaired) electrons. The molecule has 0 saturated carbocycles. The Balaban J connectivity index is 2.32. The minimum absolute atomic E-state index is 0.00263. The van der Waals surface area contributed by atoms with Gasteiger partial charge in [-0.15, -0.1) is 0 Å². The number of halogens is 3. The first kappa shape index (κ1) is 15.4. The van der Waals surface area contributed by atoms with Crippen molar-refractivity contribution in [1.29, 1.82) is 0 Å². The van der Waals surface area contributed by atoms with Crippen LogP contribution in [0.3, 0.4) is 0 Å². The number of nitrogens with two attached hydrogens (primary N) is 1. The molecule has 1 aromatic rings. The van der Waals surface area contributed by atoms with Gasteiger partial charge < -0.3 is 5.73 Å². The molecule has 0 heterocycles. The third kappa shape index (κ3) is 5.25. The lowest BCUT2D eigenvalue weighted by Crippen LogP contribution is -2.37. The van der Waals surface area contributed by atoms with Crippen LogP contribution in [0.25, 0.3) is 0 Å². The minimum Gasteiger partial charge on any atom is -0.320 e. The van der Waals surface area contributed by atoms with Gasteiger partial charge in [0.25, 0.3) is 5.69 Å². The third-order valence-corrected chi connectivity index (χ3v) is 2.80. The highest BCUT2D eigenvalue weighted by atomic mass is 19.4. The molecule has 2 N–H and O–H groups in total. The zero-order valence-electron chi connectivity index (χ0n) is 10.2. The normalized spacial score (nSPS) is 13.3. The number of nitro benzene ring substituents is 1. The van der Waals surface area contributed by atoms with Crippen molar-refractivity contribution in [3.8, 4) is 0 Å². The summed E-state index contributed by atoms with van der Waals surface area (Å²) in [6.07, 6.45) is -2.91. The fraction of sp³-hybridized carbons (Fsp3) is 0.500. The van der Waals surface area contributed by atoms with Gasteiger partial charge in [0.2, 0.25) is 0 Å². The molecule has 0 saturated heterocycles. The highest BCUT2D eigenvalue weighted by Crippen LogP contribution is 2.22. The van der Waals surface area contributed by atoms with Gasteiger partial charge in [0.05, 0.1) is 4.92 Å². The highest BCUT2D eigenvalue weighted by Gasteiger charge is 2.35. The van der Waals surface area contributed by atoms with Crippen molar-refractivity contribution in [2.24, 2.45) is 5.73 Å². The van der Waals surface area contributed by atoms with E-state index in [2.05, 4.69) is 0 Å². The number of rotatable bonds is 6. The Hall–Kier alpha value is -1.63. The van der Waals surface area contributed by atoms with Crippen molar-refractivity contribution in [3.05, 3.63) is 39.9 Å². The molecule has 0 spiro atoms. The van der Waals surface area contributed by atoms with E-state index in [0.29, 0.717) is 19.3 Å². The molecule has 0 fully saturated rings. The van der Waals surface area contributed by atoms with Gasteiger partial charge >= 0.3 is 6.18 Å². The number of non-ortho nitro benzene ring substituents is 1. The molecule has 0 bridgehead atoms. The van der Waals surface area contributed by atoms with Gasteiger partial charge in [0.15, 0.2) is 0 Å². The molecule has 1 aromatic carbocycles. The topological polar surface area (TPSA) is 69.2 Å². The van der Waals surface area contributed by atoms with Crippen molar-refractivity contribution in [2.45, 2.75) is 37.9 Å². The lowest BCUT2D eigenvalue weighted by atomic mass is 10.0. The molecular formula is C12H15F3N2O2. The Morgan fingerprint density at radius 3 is 2.26 bits per heavy atom. The van der Waals surface area contributed by atoms with Crippen LogP contribution in [0.1, 0.15) is 24.8 Å². The van der Waals surface area contributed by atoms with Crippen LogP contribution in [0.2, 0.25) is 0 Å². The Bertz CT molecular complexity index is 418. The summed E-state index contributed by atoms with van der Waals surface area (Å²) in [5, 5.41) is 10.4. The average Bonchev–Trinajstić information content (AvgIpc) is 2.33. The van der Waals surface area contributed by atoms with E-state index in [1.54, 1.807) is 12.1 Å². The van der Waals surface area contributed by atoms with Crippen LogP contribution in [-0.4, -0.2) is 17.1 Å². The highest BCUT2D eigenvalue weighted by molar-refractivity contribution is 5.32. The SMILES string of the molecule is N[C@@H](CCCCc1ccc([N+](=O)[O-])cc1)C(F)(F)F. The summed E-state index contributed by atoms with van der Waals surface area (Å²) in [6, 6.07) is 4.22. The van der Waals surface area contributed by atoms with E-state index in [1.165, 1.54) is 12.1 Å². The number of nitrogens with zero attached hydrogens (tertiary/aromatic N) is 1. The predicted molar refractivity (Wildman–Crippen MR) is 64.7 cm³/mol. The largest absolute Gasteiger partial charge is 0.403 e. The van der Waals surface area contributed by atoms with E-state index in [4.69, 9.17) is 5.73 Å². The number of benzene rings is 1. The van der Waals surface area contributed by atoms with Crippen LogP contribution in [-0.2, 0) is 6.42 Å². The van der Waals surface area contributed by atoms with Crippen molar-refractivity contribution in [2.75, 3.05) is 0 Å². The fourth-order valence-electron chi connectivity index (χ4n) is 1.64. The second-order valence-corrected chi connectivity index (χ2v) is 4.32. The molecule has 0 aliphatic carbocycles. The Kier molecular flexibility index (Phi) is 5.29. The molecule has 0 amide bonds. The van der Waals surface area contributed by atoms with Gasteiger partial charge in [0.1, 0.15) is 6.04 Å². The first-order chi connectivity index (χ1) is 8.80. The molecule has 0 aliphatic rings. The van der Waals surface area contributed by atoms with E-state index in [-0.39, 0.29) is 12.1 Å². The first-order valence-electron chi connectivity index (χ1n) is 5.86. The Morgan fingerprint density at radius 1 is 1.21 bits per heavy atom. The number of alkyl halides is 3. The molecule has 7 heteroatoms. The van der Waals surface area contributed by atoms with E-state index < -0.39 is 17.1 Å². The third-order valence-electron chi connectivity index (χ3n) is 2.80. The molecule has 1 atom stereocenters. The summed E-state index contributed by atoms with van der Waals surface area (Å²) in [5.41, 5.74) is 5.85. The summed E-state index contributed by atoms with van der Waals surface area (Å²) in [6.45, 7) is 0. The molecule has 106 valence electrons. The average molecular weight is 276 g/mol. The number of unbranched alkanes of at least 4 members (excludes halogenated alkanes) is 1. The molecule has 1 rings (SSSR count). The molecule has 0 unspecified atom stereocenters. The number of nitro groups is 1. The molecular weight excluding hydrogens is 261 g/mol. The standard InChI is InChI=1S/C12H15F3N2O2/c13-12(14,15)11(16)4-2-1-3-9-5-7-10(8-6-9)17(18)19/h5-8,11H,1-4,16H2/t11-/m0/s1. The predicted octanol–water partition coefficient (Wildman–Crippen LogP) is 3.20. The van der Waals surface area contributed by atoms with Crippen molar-refractivity contribution < 1.29 is 18.1 Å². The summed E-state index contributed by atoms with van der Waals surface area (Å²) < 4.78 is 36.4. The smallest absolute Gasteiger partial charge is 0.320 e. The van der Waals surface area contributed by atoms with Gasteiger partial charge in [-0.2, -0.15) is 13.2 Å².